The molecule has 0 saturated carbocycles. The van der Waals surface area contributed by atoms with E-state index >= 15 is 0 Å². The number of nitrogens with zero attached hydrogens (tertiary/aromatic N) is 1. The van der Waals surface area contributed by atoms with E-state index in [0.717, 1.165) is 5.56 Å². The van der Waals surface area contributed by atoms with Crippen molar-refractivity contribution in [2.24, 2.45) is 5.16 Å². The maximum Gasteiger partial charge on any atom is 0.123 e. The molecular weight excluding hydrogens is 236 g/mol. The predicted octanol–water partition coefficient (Wildman–Crippen LogP) is 3.56. The Morgan fingerprint density at radius 1 is 0.944 bits per heavy atom. The maximum absolute atomic E-state index is 13.2. The molecule has 18 heavy (non-hydrogen) atoms. The van der Waals surface area contributed by atoms with Crippen LogP contribution < -0.4 is 0 Å². The predicted molar refractivity (Wildman–Crippen MR) is 64.9 cm³/mol. The molecule has 0 aromatic heterocycles. The minimum Gasteiger partial charge on any atom is -0.411 e. The van der Waals surface area contributed by atoms with Crippen LogP contribution in [0.4, 0.5) is 8.78 Å². The Bertz CT molecular complexity index is 552. The van der Waals surface area contributed by atoms with Crippen LogP contribution in [0, 0.1) is 11.6 Å². The largest absolute Gasteiger partial charge is 0.411 e. The topological polar surface area (TPSA) is 32.6 Å². The SMILES string of the molecule is ON=CC(c1ccc(F)cc1)c1cccc(F)c1. The van der Waals surface area contributed by atoms with Crippen LogP contribution in [0.2, 0.25) is 0 Å². The Labute approximate surface area is 103 Å². The van der Waals surface area contributed by atoms with Gasteiger partial charge < -0.3 is 5.21 Å². The van der Waals surface area contributed by atoms with Crippen LogP contribution in [0.15, 0.2) is 53.7 Å². The second-order valence-electron chi connectivity index (χ2n) is 3.85. The zero-order chi connectivity index (χ0) is 13.0. The first-order chi connectivity index (χ1) is 8.70. The molecule has 0 fully saturated rings. The minimum absolute atomic E-state index is 0.349. The van der Waals surface area contributed by atoms with Gasteiger partial charge in [-0.25, -0.2) is 8.78 Å². The van der Waals surface area contributed by atoms with Gasteiger partial charge >= 0.3 is 0 Å². The van der Waals surface area contributed by atoms with Crippen LogP contribution in [-0.2, 0) is 0 Å². The van der Waals surface area contributed by atoms with Gasteiger partial charge in [0.2, 0.25) is 0 Å². The Kier molecular flexibility index (Phi) is 3.67. The van der Waals surface area contributed by atoms with Gasteiger partial charge in [0, 0.05) is 5.92 Å². The summed E-state index contributed by atoms with van der Waals surface area (Å²) in [5.41, 5.74) is 1.36. The lowest BCUT2D eigenvalue weighted by Crippen LogP contribution is -2.03. The van der Waals surface area contributed by atoms with Crippen molar-refractivity contribution in [1.29, 1.82) is 0 Å². The van der Waals surface area contributed by atoms with Crippen LogP contribution in [0.5, 0.6) is 0 Å². The molecule has 2 aromatic rings. The van der Waals surface area contributed by atoms with E-state index in [1.807, 2.05) is 0 Å². The molecule has 0 radical (unpaired) electrons. The van der Waals surface area contributed by atoms with Gasteiger partial charge in [-0.05, 0) is 35.4 Å². The van der Waals surface area contributed by atoms with E-state index in [1.165, 1.54) is 30.5 Å². The summed E-state index contributed by atoms with van der Waals surface area (Å²) in [7, 11) is 0. The van der Waals surface area contributed by atoms with Crippen molar-refractivity contribution in [2.45, 2.75) is 5.92 Å². The second-order valence-corrected chi connectivity index (χ2v) is 3.85. The van der Waals surface area contributed by atoms with Crippen LogP contribution in [-0.4, -0.2) is 11.4 Å². The number of rotatable bonds is 3. The van der Waals surface area contributed by atoms with Crippen LogP contribution >= 0.6 is 0 Å². The highest BCUT2D eigenvalue weighted by Crippen LogP contribution is 2.23. The molecule has 1 atom stereocenters. The van der Waals surface area contributed by atoms with E-state index in [2.05, 4.69) is 5.16 Å². The van der Waals surface area contributed by atoms with Crippen molar-refractivity contribution < 1.29 is 14.0 Å². The fourth-order valence-electron chi connectivity index (χ4n) is 1.80. The molecule has 0 bridgehead atoms. The van der Waals surface area contributed by atoms with Gasteiger partial charge in [-0.15, -0.1) is 5.16 Å². The number of benzene rings is 2. The number of hydrogen-bond donors (Lipinski definition) is 1. The monoisotopic (exact) mass is 247 g/mol. The highest BCUT2D eigenvalue weighted by atomic mass is 19.1. The second kappa shape index (κ2) is 5.40. The van der Waals surface area contributed by atoms with Crippen molar-refractivity contribution in [3.05, 3.63) is 71.3 Å². The molecule has 1 N–H and O–H groups in total. The molecule has 1 unspecified atom stereocenters. The third-order valence-electron chi connectivity index (χ3n) is 2.65. The number of hydrogen-bond acceptors (Lipinski definition) is 2. The molecular formula is C14H11F2NO. The molecule has 2 rings (SSSR count). The van der Waals surface area contributed by atoms with E-state index in [0.29, 0.717) is 5.56 Å². The molecule has 0 amide bonds. The average molecular weight is 247 g/mol. The summed E-state index contributed by atoms with van der Waals surface area (Å²) in [6.45, 7) is 0. The van der Waals surface area contributed by atoms with Gasteiger partial charge in [-0.1, -0.05) is 24.3 Å². The smallest absolute Gasteiger partial charge is 0.123 e. The molecule has 0 saturated heterocycles. The molecule has 0 aliphatic rings. The maximum atomic E-state index is 13.2. The fraction of sp³-hybridized carbons (Fsp3) is 0.0714. The molecule has 0 aliphatic carbocycles. The molecule has 4 heteroatoms. The molecule has 0 spiro atoms. The van der Waals surface area contributed by atoms with Gasteiger partial charge in [-0.2, -0.15) is 0 Å². The van der Waals surface area contributed by atoms with E-state index in [1.54, 1.807) is 24.3 Å². The van der Waals surface area contributed by atoms with Crippen molar-refractivity contribution in [3.63, 3.8) is 0 Å². The average Bonchev–Trinajstić information content (AvgIpc) is 2.37. The fourth-order valence-corrected chi connectivity index (χ4v) is 1.80. The first-order valence-corrected chi connectivity index (χ1v) is 5.39. The van der Waals surface area contributed by atoms with Gasteiger partial charge in [0.05, 0.1) is 6.21 Å². The summed E-state index contributed by atoms with van der Waals surface area (Å²) in [6.07, 6.45) is 1.28. The quantitative estimate of drug-likeness (QED) is 0.502. The highest BCUT2D eigenvalue weighted by Gasteiger charge is 2.12. The van der Waals surface area contributed by atoms with E-state index in [-0.39, 0.29) is 11.6 Å². The van der Waals surface area contributed by atoms with E-state index in [4.69, 9.17) is 5.21 Å². The lowest BCUT2D eigenvalue weighted by atomic mass is 9.92. The lowest BCUT2D eigenvalue weighted by molar-refractivity contribution is 0.320. The van der Waals surface area contributed by atoms with Crippen molar-refractivity contribution >= 4 is 6.21 Å². The summed E-state index contributed by atoms with van der Waals surface area (Å²) in [6, 6.07) is 11.8. The summed E-state index contributed by atoms with van der Waals surface area (Å²) < 4.78 is 26.0. The highest BCUT2D eigenvalue weighted by molar-refractivity contribution is 5.72. The third kappa shape index (κ3) is 2.71. The van der Waals surface area contributed by atoms with Crippen LogP contribution in [0.1, 0.15) is 17.0 Å². The summed E-state index contributed by atoms with van der Waals surface area (Å²) in [4.78, 5) is 0. The van der Waals surface area contributed by atoms with E-state index in [9.17, 15) is 8.78 Å². The minimum atomic E-state index is -0.411. The summed E-state index contributed by atoms with van der Waals surface area (Å²) >= 11 is 0. The number of oxime groups is 1. The Morgan fingerprint density at radius 2 is 1.67 bits per heavy atom. The Balaban J connectivity index is 2.42. The van der Waals surface area contributed by atoms with Crippen LogP contribution in [0.3, 0.4) is 0 Å². The molecule has 92 valence electrons. The van der Waals surface area contributed by atoms with E-state index < -0.39 is 5.92 Å². The normalized spacial score (nSPS) is 12.8. The lowest BCUT2D eigenvalue weighted by Gasteiger charge is -2.12. The first-order valence-electron chi connectivity index (χ1n) is 5.39. The van der Waals surface area contributed by atoms with Gasteiger partial charge in [-0.3, -0.25) is 0 Å². The molecule has 2 nitrogen and oxygen atoms in total. The van der Waals surface area contributed by atoms with Gasteiger partial charge in [0.1, 0.15) is 11.6 Å². The zero-order valence-corrected chi connectivity index (χ0v) is 9.42. The van der Waals surface area contributed by atoms with Crippen molar-refractivity contribution in [3.8, 4) is 0 Å². The van der Waals surface area contributed by atoms with Crippen molar-refractivity contribution in [1.82, 2.24) is 0 Å². The third-order valence-corrected chi connectivity index (χ3v) is 2.65. The standard InChI is InChI=1S/C14H11F2NO/c15-12-6-4-10(5-7-12)14(9-17-18)11-2-1-3-13(16)8-11/h1-9,14,18H. The first kappa shape index (κ1) is 12.2. The Hall–Kier alpha value is -2.23. The molecule has 0 aliphatic heterocycles. The summed E-state index contributed by atoms with van der Waals surface area (Å²) in [5, 5.41) is 11.7. The summed E-state index contributed by atoms with van der Waals surface area (Å²) in [5.74, 6) is -1.13. The van der Waals surface area contributed by atoms with Gasteiger partial charge in [0.15, 0.2) is 0 Å². The Morgan fingerprint density at radius 3 is 2.28 bits per heavy atom. The zero-order valence-electron chi connectivity index (χ0n) is 9.42. The molecule has 0 heterocycles. The van der Waals surface area contributed by atoms with Gasteiger partial charge in [0.25, 0.3) is 0 Å². The van der Waals surface area contributed by atoms with Crippen LogP contribution in [0.25, 0.3) is 0 Å². The molecule has 2 aromatic carbocycles. The number of halogens is 2. The van der Waals surface area contributed by atoms with Crippen molar-refractivity contribution in [2.75, 3.05) is 0 Å².